The highest BCUT2D eigenvalue weighted by Crippen LogP contribution is 2.30. The molecule has 0 heterocycles. The fourth-order valence-corrected chi connectivity index (χ4v) is 2.27. The van der Waals surface area contributed by atoms with Crippen molar-refractivity contribution in [2.24, 2.45) is 0 Å². The molecular weight excluding hydrogens is 350 g/mol. The number of hydrogen-bond acceptors (Lipinski definition) is 1. The van der Waals surface area contributed by atoms with Gasteiger partial charge in [-0.25, -0.2) is 0 Å². The van der Waals surface area contributed by atoms with E-state index in [0.29, 0.717) is 16.5 Å². The van der Waals surface area contributed by atoms with Gasteiger partial charge < -0.3 is 5.32 Å². The van der Waals surface area contributed by atoms with Crippen LogP contribution in [-0.4, -0.2) is 5.91 Å². The van der Waals surface area contributed by atoms with Gasteiger partial charge in [0.1, 0.15) is 0 Å². The average Bonchev–Trinajstić information content (AvgIpc) is 2.48. The van der Waals surface area contributed by atoms with Crippen molar-refractivity contribution < 1.29 is 18.0 Å². The number of carbonyl (C=O) groups is 1. The number of benzene rings is 2. The molecule has 0 bridgehead atoms. The lowest BCUT2D eigenvalue weighted by atomic mass is 10.1. The van der Waals surface area contributed by atoms with E-state index in [4.69, 9.17) is 23.2 Å². The zero-order valence-electron chi connectivity index (χ0n) is 11.8. The summed E-state index contributed by atoms with van der Waals surface area (Å²) in [5, 5.41) is 3.26. The molecule has 2 aromatic carbocycles. The zero-order valence-corrected chi connectivity index (χ0v) is 13.3. The van der Waals surface area contributed by atoms with E-state index in [-0.39, 0.29) is 18.0 Å². The van der Waals surface area contributed by atoms with E-state index in [2.05, 4.69) is 5.32 Å². The molecule has 0 aliphatic heterocycles. The van der Waals surface area contributed by atoms with Crippen LogP contribution in [0.2, 0.25) is 10.0 Å². The van der Waals surface area contributed by atoms with Gasteiger partial charge in [0.15, 0.2) is 0 Å². The SMILES string of the molecule is O=C(CCc1ccc(Cl)c(Cl)c1)Nc1cccc(C(F)(F)F)c1. The molecule has 0 atom stereocenters. The summed E-state index contributed by atoms with van der Waals surface area (Å²) in [5.74, 6) is -0.379. The molecule has 0 aromatic heterocycles. The fourth-order valence-electron chi connectivity index (χ4n) is 1.95. The molecule has 0 aliphatic rings. The Morgan fingerprint density at radius 2 is 1.78 bits per heavy atom. The molecule has 0 radical (unpaired) electrons. The second kappa shape index (κ2) is 7.23. The molecule has 0 aliphatic carbocycles. The standard InChI is InChI=1S/C16H12Cl2F3NO/c17-13-6-4-10(8-14(13)18)5-7-15(23)22-12-3-1-2-11(9-12)16(19,20)21/h1-4,6,8-9H,5,7H2,(H,22,23). The number of rotatable bonds is 4. The number of aryl methyl sites for hydroxylation is 1. The Morgan fingerprint density at radius 1 is 1.04 bits per heavy atom. The Balaban J connectivity index is 1.96. The number of alkyl halides is 3. The van der Waals surface area contributed by atoms with Gasteiger partial charge in [-0.2, -0.15) is 13.2 Å². The molecule has 23 heavy (non-hydrogen) atoms. The van der Waals surface area contributed by atoms with Crippen LogP contribution in [0.5, 0.6) is 0 Å². The van der Waals surface area contributed by atoms with Crippen LogP contribution in [0.1, 0.15) is 17.5 Å². The summed E-state index contributed by atoms with van der Waals surface area (Å²) in [4.78, 5) is 11.8. The van der Waals surface area contributed by atoms with Gasteiger partial charge in [0.05, 0.1) is 15.6 Å². The molecule has 2 rings (SSSR count). The predicted molar refractivity (Wildman–Crippen MR) is 84.9 cm³/mol. The van der Waals surface area contributed by atoms with Crippen LogP contribution in [0, 0.1) is 0 Å². The van der Waals surface area contributed by atoms with E-state index in [0.717, 1.165) is 17.7 Å². The number of halogens is 5. The van der Waals surface area contributed by atoms with Gasteiger partial charge in [-0.15, -0.1) is 0 Å². The first-order chi connectivity index (χ1) is 10.8. The van der Waals surface area contributed by atoms with Gasteiger partial charge in [-0.05, 0) is 42.3 Å². The second-order valence-electron chi connectivity index (χ2n) is 4.88. The largest absolute Gasteiger partial charge is 0.416 e. The summed E-state index contributed by atoms with van der Waals surface area (Å²) in [6, 6.07) is 9.53. The Kier molecular flexibility index (Phi) is 5.55. The maximum absolute atomic E-state index is 12.6. The Labute approximate surface area is 141 Å². The second-order valence-corrected chi connectivity index (χ2v) is 5.69. The van der Waals surface area contributed by atoms with E-state index < -0.39 is 11.7 Å². The van der Waals surface area contributed by atoms with E-state index in [1.54, 1.807) is 18.2 Å². The topological polar surface area (TPSA) is 29.1 Å². The normalized spacial score (nSPS) is 11.3. The Hall–Kier alpha value is -1.72. The summed E-state index contributed by atoms with van der Waals surface area (Å²) >= 11 is 11.7. The van der Waals surface area contributed by atoms with Crippen LogP contribution >= 0.6 is 23.2 Å². The maximum Gasteiger partial charge on any atom is 0.416 e. The Morgan fingerprint density at radius 3 is 2.43 bits per heavy atom. The fraction of sp³-hybridized carbons (Fsp3) is 0.188. The molecule has 0 spiro atoms. The quantitative estimate of drug-likeness (QED) is 0.756. The molecule has 1 N–H and O–H groups in total. The van der Waals surface area contributed by atoms with Crippen LogP contribution in [0.15, 0.2) is 42.5 Å². The molecule has 2 aromatic rings. The summed E-state index contributed by atoms with van der Waals surface area (Å²) < 4.78 is 37.8. The number of amides is 1. The minimum atomic E-state index is -4.44. The number of hydrogen-bond donors (Lipinski definition) is 1. The van der Waals surface area contributed by atoms with Gasteiger partial charge in [0.25, 0.3) is 0 Å². The van der Waals surface area contributed by atoms with E-state index in [9.17, 15) is 18.0 Å². The van der Waals surface area contributed by atoms with E-state index in [1.807, 2.05) is 0 Å². The maximum atomic E-state index is 12.6. The minimum absolute atomic E-state index is 0.110. The van der Waals surface area contributed by atoms with E-state index in [1.165, 1.54) is 12.1 Å². The summed E-state index contributed by atoms with van der Waals surface area (Å²) in [5.41, 5.74) is 0.123. The highest BCUT2D eigenvalue weighted by molar-refractivity contribution is 6.42. The number of nitrogens with one attached hydrogen (secondary N) is 1. The van der Waals surface area contributed by atoms with Crippen molar-refractivity contribution in [2.45, 2.75) is 19.0 Å². The summed E-state index contributed by atoms with van der Waals surface area (Å²) in [6.45, 7) is 0. The van der Waals surface area contributed by atoms with Crippen molar-refractivity contribution in [3.8, 4) is 0 Å². The van der Waals surface area contributed by atoms with Crippen molar-refractivity contribution >= 4 is 34.8 Å². The van der Waals surface area contributed by atoms with E-state index >= 15 is 0 Å². The lowest BCUT2D eigenvalue weighted by Crippen LogP contribution is -2.13. The van der Waals surface area contributed by atoms with Crippen molar-refractivity contribution in [3.63, 3.8) is 0 Å². The first kappa shape index (κ1) is 17.6. The molecule has 1 amide bonds. The van der Waals surface area contributed by atoms with Gasteiger partial charge in [-0.3, -0.25) is 4.79 Å². The number of carbonyl (C=O) groups excluding carboxylic acids is 1. The highest BCUT2D eigenvalue weighted by Gasteiger charge is 2.30. The van der Waals surface area contributed by atoms with Gasteiger partial charge in [-0.1, -0.05) is 35.3 Å². The molecule has 7 heteroatoms. The highest BCUT2D eigenvalue weighted by atomic mass is 35.5. The van der Waals surface area contributed by atoms with Crippen LogP contribution in [0.4, 0.5) is 18.9 Å². The summed E-state index contributed by atoms with van der Waals surface area (Å²) in [7, 11) is 0. The third-order valence-corrected chi connectivity index (χ3v) is 3.84. The lowest BCUT2D eigenvalue weighted by molar-refractivity contribution is -0.137. The number of anilines is 1. The first-order valence-electron chi connectivity index (χ1n) is 6.67. The predicted octanol–water partition coefficient (Wildman–Crippen LogP) is 5.58. The van der Waals surface area contributed by atoms with Crippen molar-refractivity contribution in [2.75, 3.05) is 5.32 Å². The molecule has 0 fully saturated rings. The van der Waals surface area contributed by atoms with Crippen molar-refractivity contribution in [1.82, 2.24) is 0 Å². The molecule has 2 nitrogen and oxygen atoms in total. The molecule has 122 valence electrons. The van der Waals surface area contributed by atoms with Crippen LogP contribution < -0.4 is 5.32 Å². The van der Waals surface area contributed by atoms with Gasteiger partial charge >= 0.3 is 6.18 Å². The zero-order chi connectivity index (χ0) is 17.0. The third-order valence-electron chi connectivity index (χ3n) is 3.10. The lowest BCUT2D eigenvalue weighted by Gasteiger charge is -2.10. The monoisotopic (exact) mass is 361 g/mol. The summed E-state index contributed by atoms with van der Waals surface area (Å²) in [6.07, 6.45) is -3.92. The van der Waals surface area contributed by atoms with Crippen LogP contribution in [0.3, 0.4) is 0 Å². The van der Waals surface area contributed by atoms with Gasteiger partial charge in [0, 0.05) is 12.1 Å². The van der Waals surface area contributed by atoms with Crippen LogP contribution in [0.25, 0.3) is 0 Å². The molecular formula is C16H12Cl2F3NO. The smallest absolute Gasteiger partial charge is 0.326 e. The first-order valence-corrected chi connectivity index (χ1v) is 7.42. The Bertz CT molecular complexity index is 717. The van der Waals surface area contributed by atoms with Crippen molar-refractivity contribution in [3.05, 3.63) is 63.6 Å². The third kappa shape index (κ3) is 5.15. The van der Waals surface area contributed by atoms with Crippen molar-refractivity contribution in [1.29, 1.82) is 0 Å². The molecule has 0 saturated heterocycles. The average molecular weight is 362 g/mol. The van der Waals surface area contributed by atoms with Crippen LogP contribution in [-0.2, 0) is 17.4 Å². The molecule has 0 saturated carbocycles. The van der Waals surface area contributed by atoms with Gasteiger partial charge in [0.2, 0.25) is 5.91 Å². The molecule has 0 unspecified atom stereocenters. The minimum Gasteiger partial charge on any atom is -0.326 e.